The summed E-state index contributed by atoms with van der Waals surface area (Å²) in [4.78, 5) is 16.1. The predicted molar refractivity (Wildman–Crippen MR) is 68.0 cm³/mol. The predicted octanol–water partition coefficient (Wildman–Crippen LogP) is 1.52. The van der Waals surface area contributed by atoms with Crippen molar-refractivity contribution in [2.24, 2.45) is 0 Å². The highest BCUT2D eigenvalue weighted by Crippen LogP contribution is 2.17. The second kappa shape index (κ2) is 6.00. The molecule has 1 aliphatic heterocycles. The first kappa shape index (κ1) is 13.1. The molecule has 1 aromatic heterocycles. The first-order valence-corrected chi connectivity index (χ1v) is 6.45. The van der Waals surface area contributed by atoms with Crippen LogP contribution < -0.4 is 10.3 Å². The van der Waals surface area contributed by atoms with Crippen molar-refractivity contribution in [2.45, 2.75) is 45.3 Å². The average molecular weight is 252 g/mol. The zero-order valence-electron chi connectivity index (χ0n) is 11.0. The molecule has 1 unspecified atom stereocenters. The van der Waals surface area contributed by atoms with E-state index in [2.05, 4.69) is 4.98 Å². The third-order valence-corrected chi connectivity index (χ3v) is 3.22. The zero-order chi connectivity index (χ0) is 13.0. The van der Waals surface area contributed by atoms with Crippen LogP contribution in [0.25, 0.3) is 0 Å². The van der Waals surface area contributed by atoms with Gasteiger partial charge in [-0.15, -0.1) is 0 Å². The minimum absolute atomic E-state index is 0.0494. The van der Waals surface area contributed by atoms with Crippen LogP contribution in [0, 0.1) is 6.92 Å². The Morgan fingerprint density at radius 1 is 1.61 bits per heavy atom. The van der Waals surface area contributed by atoms with Gasteiger partial charge in [-0.1, -0.05) is 0 Å². The number of nitrogens with zero attached hydrogens (tertiary/aromatic N) is 2. The molecule has 0 bridgehead atoms. The molecule has 0 radical (unpaired) electrons. The van der Waals surface area contributed by atoms with Crippen LogP contribution in [0.15, 0.2) is 10.9 Å². The molecule has 2 heterocycles. The highest BCUT2D eigenvalue weighted by molar-refractivity contribution is 5.06. The van der Waals surface area contributed by atoms with E-state index in [9.17, 15) is 4.79 Å². The van der Waals surface area contributed by atoms with Crippen LogP contribution in [-0.2, 0) is 11.3 Å². The van der Waals surface area contributed by atoms with Crippen molar-refractivity contribution in [1.29, 1.82) is 0 Å². The van der Waals surface area contributed by atoms with Crippen LogP contribution in [0.2, 0.25) is 0 Å². The van der Waals surface area contributed by atoms with Gasteiger partial charge in [0, 0.05) is 24.9 Å². The zero-order valence-corrected chi connectivity index (χ0v) is 11.0. The van der Waals surface area contributed by atoms with E-state index in [1.165, 1.54) is 13.2 Å². The number of hydrogen-bond donors (Lipinski definition) is 0. The van der Waals surface area contributed by atoms with E-state index in [0.717, 1.165) is 32.3 Å². The molecule has 0 N–H and O–H groups in total. The topological polar surface area (TPSA) is 53.3 Å². The summed E-state index contributed by atoms with van der Waals surface area (Å²) >= 11 is 0. The van der Waals surface area contributed by atoms with E-state index in [4.69, 9.17) is 9.47 Å². The lowest BCUT2D eigenvalue weighted by atomic mass is 10.1. The van der Waals surface area contributed by atoms with Crippen LogP contribution in [-0.4, -0.2) is 29.4 Å². The summed E-state index contributed by atoms with van der Waals surface area (Å²) in [5.74, 6) is 0. The van der Waals surface area contributed by atoms with Crippen LogP contribution >= 0.6 is 0 Å². The van der Waals surface area contributed by atoms with Gasteiger partial charge < -0.3 is 9.47 Å². The summed E-state index contributed by atoms with van der Waals surface area (Å²) < 4.78 is 12.3. The maximum absolute atomic E-state index is 11.9. The van der Waals surface area contributed by atoms with Gasteiger partial charge in [0.15, 0.2) is 0 Å². The third kappa shape index (κ3) is 3.10. The Kier molecular flexibility index (Phi) is 4.36. The maximum Gasteiger partial charge on any atom is 0.299 e. The normalized spacial score (nSPS) is 19.1. The molecule has 0 aliphatic carbocycles. The molecule has 0 aromatic carbocycles. The molecule has 5 nitrogen and oxygen atoms in total. The molecule has 1 fully saturated rings. The fraction of sp³-hybridized carbons (Fsp3) is 0.692. The van der Waals surface area contributed by atoms with Crippen molar-refractivity contribution in [3.8, 4) is 6.01 Å². The summed E-state index contributed by atoms with van der Waals surface area (Å²) in [7, 11) is 1.54. The molecule has 1 aromatic rings. The van der Waals surface area contributed by atoms with Gasteiger partial charge in [0.2, 0.25) is 0 Å². The minimum atomic E-state index is -0.0494. The summed E-state index contributed by atoms with van der Waals surface area (Å²) in [6.45, 7) is 3.30. The highest BCUT2D eigenvalue weighted by atomic mass is 16.5. The Morgan fingerprint density at radius 3 is 3.11 bits per heavy atom. The Bertz CT molecular complexity index is 450. The summed E-state index contributed by atoms with van der Waals surface area (Å²) in [5, 5.41) is 0. The van der Waals surface area contributed by atoms with Crippen molar-refractivity contribution in [3.63, 3.8) is 0 Å². The quantitative estimate of drug-likeness (QED) is 0.797. The first-order valence-electron chi connectivity index (χ1n) is 6.45. The van der Waals surface area contributed by atoms with Crippen LogP contribution in [0.5, 0.6) is 6.01 Å². The molecule has 0 spiro atoms. The van der Waals surface area contributed by atoms with Gasteiger partial charge >= 0.3 is 0 Å². The number of methoxy groups -OCH3 is 1. The van der Waals surface area contributed by atoms with Crippen molar-refractivity contribution < 1.29 is 9.47 Å². The SMILES string of the molecule is COc1nc(C)cc(=O)n1CCCC1CCCO1. The van der Waals surface area contributed by atoms with Crippen molar-refractivity contribution in [2.75, 3.05) is 13.7 Å². The van der Waals surface area contributed by atoms with E-state index >= 15 is 0 Å². The van der Waals surface area contributed by atoms with E-state index in [1.807, 2.05) is 0 Å². The largest absolute Gasteiger partial charge is 0.468 e. The van der Waals surface area contributed by atoms with E-state index in [1.54, 1.807) is 11.5 Å². The molecule has 1 atom stereocenters. The van der Waals surface area contributed by atoms with Crippen LogP contribution in [0.3, 0.4) is 0 Å². The lowest BCUT2D eigenvalue weighted by Crippen LogP contribution is -2.23. The number of rotatable bonds is 5. The van der Waals surface area contributed by atoms with Crippen molar-refractivity contribution in [3.05, 3.63) is 22.1 Å². The lowest BCUT2D eigenvalue weighted by Gasteiger charge is -2.12. The van der Waals surface area contributed by atoms with Gasteiger partial charge in [0.1, 0.15) is 0 Å². The number of aromatic nitrogens is 2. The summed E-state index contributed by atoms with van der Waals surface area (Å²) in [6.07, 6.45) is 4.55. The van der Waals surface area contributed by atoms with Gasteiger partial charge in [0.25, 0.3) is 11.6 Å². The first-order chi connectivity index (χ1) is 8.70. The van der Waals surface area contributed by atoms with E-state index < -0.39 is 0 Å². The second-order valence-corrected chi connectivity index (χ2v) is 4.65. The standard InChI is InChI=1S/C13H20N2O3/c1-10-9-12(16)15(13(14-10)17-2)7-3-5-11-6-4-8-18-11/h9,11H,3-8H2,1-2H3. The number of aryl methyl sites for hydroxylation is 1. The summed E-state index contributed by atoms with van der Waals surface area (Å²) in [5.41, 5.74) is 0.638. The Hall–Kier alpha value is -1.36. The molecule has 100 valence electrons. The molecular weight excluding hydrogens is 232 g/mol. The highest BCUT2D eigenvalue weighted by Gasteiger charge is 2.15. The van der Waals surface area contributed by atoms with E-state index in [0.29, 0.717) is 24.4 Å². The molecule has 2 rings (SSSR count). The smallest absolute Gasteiger partial charge is 0.299 e. The van der Waals surface area contributed by atoms with Gasteiger partial charge in [0.05, 0.1) is 13.2 Å². The molecular formula is C13H20N2O3. The van der Waals surface area contributed by atoms with Crippen LogP contribution in [0.4, 0.5) is 0 Å². The summed E-state index contributed by atoms with van der Waals surface area (Å²) in [6, 6.07) is 1.93. The Balaban J connectivity index is 1.97. The van der Waals surface area contributed by atoms with Gasteiger partial charge in [-0.05, 0) is 32.6 Å². The Labute approximate surface area is 107 Å². The van der Waals surface area contributed by atoms with Gasteiger partial charge in [-0.3, -0.25) is 9.36 Å². The van der Waals surface area contributed by atoms with Crippen molar-refractivity contribution in [1.82, 2.24) is 9.55 Å². The molecule has 18 heavy (non-hydrogen) atoms. The average Bonchev–Trinajstić information content (AvgIpc) is 2.84. The molecule has 0 saturated carbocycles. The van der Waals surface area contributed by atoms with Crippen LogP contribution in [0.1, 0.15) is 31.4 Å². The van der Waals surface area contributed by atoms with Gasteiger partial charge in [-0.2, -0.15) is 0 Å². The fourth-order valence-electron chi connectivity index (χ4n) is 2.31. The molecule has 0 amide bonds. The Morgan fingerprint density at radius 2 is 2.44 bits per heavy atom. The third-order valence-electron chi connectivity index (χ3n) is 3.22. The fourth-order valence-corrected chi connectivity index (χ4v) is 2.31. The van der Waals surface area contributed by atoms with Crippen molar-refractivity contribution >= 4 is 0 Å². The number of hydrogen-bond acceptors (Lipinski definition) is 4. The number of ether oxygens (including phenoxy) is 2. The minimum Gasteiger partial charge on any atom is -0.468 e. The second-order valence-electron chi connectivity index (χ2n) is 4.65. The monoisotopic (exact) mass is 252 g/mol. The lowest BCUT2D eigenvalue weighted by molar-refractivity contribution is 0.101. The van der Waals surface area contributed by atoms with Gasteiger partial charge in [-0.25, -0.2) is 4.98 Å². The molecule has 1 saturated heterocycles. The van der Waals surface area contributed by atoms with E-state index in [-0.39, 0.29) is 5.56 Å². The maximum atomic E-state index is 11.9. The molecule has 5 heteroatoms. The molecule has 1 aliphatic rings.